The van der Waals surface area contributed by atoms with Crippen molar-refractivity contribution in [1.29, 1.82) is 0 Å². The first-order chi connectivity index (χ1) is 8.70. The van der Waals surface area contributed by atoms with Gasteiger partial charge in [0, 0.05) is 5.56 Å². The Kier molecular flexibility index (Phi) is 3.22. The van der Waals surface area contributed by atoms with Gasteiger partial charge in [0.25, 0.3) is 0 Å². The number of benzene rings is 1. The number of aryl methyl sites for hydroxylation is 1. The predicted octanol–water partition coefficient (Wildman–Crippen LogP) is 3.47. The Balaban J connectivity index is 2.61. The number of carbonyl (C=O) groups is 1. The van der Waals surface area contributed by atoms with Gasteiger partial charge in [0.05, 0.1) is 16.3 Å². The van der Waals surface area contributed by atoms with Crippen molar-refractivity contribution < 1.29 is 23.1 Å². The Morgan fingerprint density at radius 1 is 1.42 bits per heavy atom. The topological polar surface area (TPSA) is 49.3 Å². The van der Waals surface area contributed by atoms with E-state index >= 15 is 0 Å². The minimum absolute atomic E-state index is 0.0968. The summed E-state index contributed by atoms with van der Waals surface area (Å²) in [7, 11) is 0. The van der Waals surface area contributed by atoms with Gasteiger partial charge in [-0.3, -0.25) is 0 Å². The van der Waals surface area contributed by atoms with Gasteiger partial charge in [-0.15, -0.1) is 0 Å². The Labute approximate surface area is 111 Å². The number of carboxylic acid groups (broad SMARTS) is 1. The lowest BCUT2D eigenvalue weighted by Gasteiger charge is -2.28. The molecule has 1 aromatic carbocycles. The standard InChI is InChI=1S/C12H9ClF3NO2/c1-5-2-6-4-7(11(18)19)10(12(14,15)16)17-9(6)8(13)3-5/h2-4,10,17H,1H3,(H,18,19). The Hall–Kier alpha value is -1.69. The lowest BCUT2D eigenvalue weighted by Crippen LogP contribution is -2.42. The van der Waals surface area contributed by atoms with E-state index in [-0.39, 0.29) is 10.7 Å². The lowest BCUT2D eigenvalue weighted by molar-refractivity contribution is -0.146. The number of alkyl halides is 3. The third kappa shape index (κ3) is 2.53. The van der Waals surface area contributed by atoms with Crippen LogP contribution in [0.5, 0.6) is 0 Å². The second-order valence-corrected chi connectivity index (χ2v) is 4.64. The van der Waals surface area contributed by atoms with Crippen molar-refractivity contribution in [3.05, 3.63) is 33.9 Å². The predicted molar refractivity (Wildman–Crippen MR) is 65.3 cm³/mol. The summed E-state index contributed by atoms with van der Waals surface area (Å²) < 4.78 is 38.5. The van der Waals surface area contributed by atoms with Crippen LogP contribution >= 0.6 is 11.6 Å². The highest BCUT2D eigenvalue weighted by atomic mass is 35.5. The van der Waals surface area contributed by atoms with Crippen molar-refractivity contribution in [2.24, 2.45) is 0 Å². The quantitative estimate of drug-likeness (QED) is 0.833. The molecule has 0 fully saturated rings. The van der Waals surface area contributed by atoms with E-state index in [0.29, 0.717) is 5.56 Å². The smallest absolute Gasteiger partial charge is 0.413 e. The van der Waals surface area contributed by atoms with Crippen molar-refractivity contribution in [3.8, 4) is 0 Å². The zero-order valence-corrected chi connectivity index (χ0v) is 10.4. The molecule has 0 aliphatic carbocycles. The van der Waals surface area contributed by atoms with Gasteiger partial charge < -0.3 is 10.4 Å². The first-order valence-corrected chi connectivity index (χ1v) is 5.66. The minimum atomic E-state index is -4.71. The fraction of sp³-hybridized carbons (Fsp3) is 0.250. The van der Waals surface area contributed by atoms with Crippen LogP contribution in [0.1, 0.15) is 11.1 Å². The fourth-order valence-corrected chi connectivity index (χ4v) is 2.29. The monoisotopic (exact) mass is 291 g/mol. The highest BCUT2D eigenvalue weighted by molar-refractivity contribution is 6.33. The molecule has 102 valence electrons. The van der Waals surface area contributed by atoms with Crippen LogP contribution in [0.4, 0.5) is 18.9 Å². The maximum absolute atomic E-state index is 12.8. The van der Waals surface area contributed by atoms with Crippen LogP contribution in [0.15, 0.2) is 17.7 Å². The third-order valence-corrected chi connectivity index (χ3v) is 3.05. The molecule has 1 heterocycles. The third-order valence-electron chi connectivity index (χ3n) is 2.75. The van der Waals surface area contributed by atoms with E-state index in [1.54, 1.807) is 13.0 Å². The Bertz CT molecular complexity index is 581. The van der Waals surface area contributed by atoms with E-state index in [0.717, 1.165) is 11.6 Å². The van der Waals surface area contributed by atoms with Crippen LogP contribution in [0.2, 0.25) is 5.02 Å². The van der Waals surface area contributed by atoms with Gasteiger partial charge in [-0.25, -0.2) is 4.79 Å². The van der Waals surface area contributed by atoms with E-state index in [1.807, 2.05) is 0 Å². The molecule has 1 aliphatic rings. The maximum Gasteiger partial charge on any atom is 0.413 e. The number of aliphatic carboxylic acids is 1. The molecule has 0 amide bonds. The molecule has 2 N–H and O–H groups in total. The number of fused-ring (bicyclic) bond motifs is 1. The molecule has 1 atom stereocenters. The van der Waals surface area contributed by atoms with Crippen LogP contribution in [0, 0.1) is 6.92 Å². The molecule has 0 radical (unpaired) electrons. The highest BCUT2D eigenvalue weighted by Crippen LogP contribution is 2.39. The summed E-state index contributed by atoms with van der Waals surface area (Å²) in [6, 6.07) is 0.821. The number of rotatable bonds is 1. The van der Waals surface area contributed by atoms with E-state index in [2.05, 4.69) is 5.32 Å². The molecule has 0 bridgehead atoms. The van der Waals surface area contributed by atoms with E-state index in [1.165, 1.54) is 6.07 Å². The van der Waals surface area contributed by atoms with Gasteiger partial charge in [-0.1, -0.05) is 11.6 Å². The van der Waals surface area contributed by atoms with E-state index in [9.17, 15) is 18.0 Å². The lowest BCUT2D eigenvalue weighted by atomic mass is 9.96. The Morgan fingerprint density at radius 3 is 2.58 bits per heavy atom. The van der Waals surface area contributed by atoms with Crippen molar-refractivity contribution in [2.75, 3.05) is 5.32 Å². The zero-order valence-electron chi connectivity index (χ0n) is 9.68. The molecule has 2 rings (SSSR count). The van der Waals surface area contributed by atoms with Crippen LogP contribution in [0.25, 0.3) is 6.08 Å². The average molecular weight is 292 g/mol. The molecular formula is C12H9ClF3NO2. The number of carboxylic acids is 1. The number of nitrogens with one attached hydrogen (secondary N) is 1. The summed E-state index contributed by atoms with van der Waals surface area (Å²) in [6.45, 7) is 1.72. The van der Waals surface area contributed by atoms with Crippen molar-refractivity contribution in [2.45, 2.75) is 19.1 Å². The first kappa shape index (κ1) is 13.7. The van der Waals surface area contributed by atoms with Gasteiger partial charge in [0.15, 0.2) is 6.04 Å². The second-order valence-electron chi connectivity index (χ2n) is 4.23. The number of anilines is 1. The van der Waals surface area contributed by atoms with Gasteiger partial charge in [0.2, 0.25) is 0 Å². The summed E-state index contributed by atoms with van der Waals surface area (Å²) in [5.74, 6) is -1.61. The highest BCUT2D eigenvalue weighted by Gasteiger charge is 2.46. The van der Waals surface area contributed by atoms with Crippen LogP contribution < -0.4 is 5.32 Å². The normalized spacial score (nSPS) is 18.4. The van der Waals surface area contributed by atoms with Gasteiger partial charge in [-0.05, 0) is 30.7 Å². The van der Waals surface area contributed by atoms with E-state index < -0.39 is 23.8 Å². The van der Waals surface area contributed by atoms with Crippen LogP contribution in [0.3, 0.4) is 0 Å². The average Bonchev–Trinajstić information content (AvgIpc) is 2.25. The second kappa shape index (κ2) is 4.45. The molecule has 0 saturated carbocycles. The molecule has 1 unspecified atom stereocenters. The molecule has 1 aliphatic heterocycles. The molecule has 7 heteroatoms. The fourth-order valence-electron chi connectivity index (χ4n) is 1.95. The van der Waals surface area contributed by atoms with Gasteiger partial charge in [-0.2, -0.15) is 13.2 Å². The van der Waals surface area contributed by atoms with Crippen LogP contribution in [-0.2, 0) is 4.79 Å². The van der Waals surface area contributed by atoms with Crippen LogP contribution in [-0.4, -0.2) is 23.3 Å². The van der Waals surface area contributed by atoms with Gasteiger partial charge >= 0.3 is 12.1 Å². The Morgan fingerprint density at radius 2 is 2.05 bits per heavy atom. The van der Waals surface area contributed by atoms with Crippen molar-refractivity contribution in [3.63, 3.8) is 0 Å². The molecule has 19 heavy (non-hydrogen) atoms. The summed E-state index contributed by atoms with van der Waals surface area (Å²) in [5.41, 5.74) is 0.418. The van der Waals surface area contributed by atoms with Crippen molar-refractivity contribution in [1.82, 2.24) is 0 Å². The van der Waals surface area contributed by atoms with Gasteiger partial charge in [0.1, 0.15) is 0 Å². The SMILES string of the molecule is Cc1cc(Cl)c2c(c1)C=C(C(=O)O)C(C(F)(F)F)N2. The molecular weight excluding hydrogens is 283 g/mol. The molecule has 0 aromatic heterocycles. The number of hydrogen-bond acceptors (Lipinski definition) is 2. The first-order valence-electron chi connectivity index (χ1n) is 5.28. The minimum Gasteiger partial charge on any atom is -0.478 e. The maximum atomic E-state index is 12.8. The summed E-state index contributed by atoms with van der Waals surface area (Å²) in [5, 5.41) is 11.2. The summed E-state index contributed by atoms with van der Waals surface area (Å²) >= 11 is 5.88. The molecule has 0 saturated heterocycles. The van der Waals surface area contributed by atoms with Crippen molar-refractivity contribution >= 4 is 29.3 Å². The zero-order chi connectivity index (χ0) is 14.4. The number of hydrogen-bond donors (Lipinski definition) is 2. The number of halogens is 4. The summed E-state index contributed by atoms with van der Waals surface area (Å²) in [6.07, 6.45) is -3.71. The molecule has 1 aromatic rings. The largest absolute Gasteiger partial charge is 0.478 e. The summed E-state index contributed by atoms with van der Waals surface area (Å²) in [4.78, 5) is 10.9. The van der Waals surface area contributed by atoms with E-state index in [4.69, 9.17) is 16.7 Å². The molecule has 0 spiro atoms. The molecule has 3 nitrogen and oxygen atoms in total.